The van der Waals surface area contributed by atoms with Gasteiger partial charge in [0.25, 0.3) is 0 Å². The first kappa shape index (κ1) is 12.5. The Morgan fingerprint density at radius 3 is 2.68 bits per heavy atom. The topological polar surface area (TPSA) is 39.2 Å². The van der Waals surface area contributed by atoms with E-state index in [0.29, 0.717) is 0 Å². The maximum absolute atomic E-state index is 6.31. The second kappa shape index (κ2) is 4.83. The van der Waals surface area contributed by atoms with Gasteiger partial charge < -0.3 is 10.2 Å². The van der Waals surface area contributed by atoms with E-state index < -0.39 is 0 Å². The van der Waals surface area contributed by atoms with Crippen LogP contribution in [-0.2, 0) is 0 Å². The molecule has 0 radical (unpaired) electrons. The average Bonchev–Trinajstić information content (AvgIpc) is 2.81. The van der Waals surface area contributed by atoms with Crippen LogP contribution in [0.5, 0.6) is 0 Å². The second-order valence-electron chi connectivity index (χ2n) is 4.67. The number of hydrogen-bond donors (Lipinski definition) is 1. The Bertz CT molecular complexity index is 732. The highest BCUT2D eigenvalue weighted by molar-refractivity contribution is 9.10. The van der Waals surface area contributed by atoms with E-state index in [1.807, 2.05) is 42.5 Å². The molecule has 19 heavy (non-hydrogen) atoms. The minimum Gasteiger partial charge on any atom is -0.459 e. The predicted octanol–water partition coefficient (Wildman–Crippen LogP) is 4.55. The fourth-order valence-electron chi connectivity index (χ4n) is 2.28. The van der Waals surface area contributed by atoms with E-state index in [9.17, 15) is 0 Å². The number of halogens is 1. The minimum atomic E-state index is -0.229. The summed E-state index contributed by atoms with van der Waals surface area (Å²) in [4.78, 5) is 0. The van der Waals surface area contributed by atoms with E-state index >= 15 is 0 Å². The van der Waals surface area contributed by atoms with Crippen molar-refractivity contribution in [1.29, 1.82) is 0 Å². The molecule has 0 amide bonds. The number of aryl methyl sites for hydroxylation is 1. The zero-order chi connectivity index (χ0) is 13.4. The highest BCUT2D eigenvalue weighted by atomic mass is 79.9. The maximum atomic E-state index is 6.31. The highest BCUT2D eigenvalue weighted by Gasteiger charge is 2.15. The van der Waals surface area contributed by atoms with E-state index in [-0.39, 0.29) is 6.04 Å². The van der Waals surface area contributed by atoms with Gasteiger partial charge in [-0.25, -0.2) is 0 Å². The summed E-state index contributed by atoms with van der Waals surface area (Å²) >= 11 is 3.46. The highest BCUT2D eigenvalue weighted by Crippen LogP contribution is 2.29. The average molecular weight is 316 g/mol. The van der Waals surface area contributed by atoms with Crippen LogP contribution in [-0.4, -0.2) is 0 Å². The van der Waals surface area contributed by atoms with Crippen LogP contribution in [0.3, 0.4) is 0 Å². The lowest BCUT2D eigenvalue weighted by Gasteiger charge is -2.11. The third-order valence-corrected chi connectivity index (χ3v) is 3.82. The molecule has 0 saturated carbocycles. The summed E-state index contributed by atoms with van der Waals surface area (Å²) in [5, 5.41) is 1.06. The van der Waals surface area contributed by atoms with Crippen LogP contribution in [0.25, 0.3) is 11.0 Å². The Balaban J connectivity index is 2.07. The van der Waals surface area contributed by atoms with E-state index in [4.69, 9.17) is 10.2 Å². The third kappa shape index (κ3) is 2.31. The Labute approximate surface area is 120 Å². The third-order valence-electron chi connectivity index (χ3n) is 3.33. The first-order valence-corrected chi connectivity index (χ1v) is 6.94. The SMILES string of the molecule is Cc1ccccc1C(N)c1cc2cc(Br)ccc2o1. The molecule has 2 aromatic carbocycles. The summed E-state index contributed by atoms with van der Waals surface area (Å²) in [6.45, 7) is 2.06. The van der Waals surface area contributed by atoms with Crippen molar-refractivity contribution in [1.82, 2.24) is 0 Å². The number of hydrogen-bond acceptors (Lipinski definition) is 2. The molecule has 0 aliphatic carbocycles. The number of furan rings is 1. The van der Waals surface area contributed by atoms with Gasteiger partial charge in [-0.15, -0.1) is 0 Å². The van der Waals surface area contributed by atoms with Gasteiger partial charge in [0, 0.05) is 9.86 Å². The summed E-state index contributed by atoms with van der Waals surface area (Å²) in [5.74, 6) is 0.794. The fourth-order valence-corrected chi connectivity index (χ4v) is 2.66. The smallest absolute Gasteiger partial charge is 0.134 e. The Kier molecular flexibility index (Phi) is 3.17. The summed E-state index contributed by atoms with van der Waals surface area (Å²) in [5.41, 5.74) is 9.45. The predicted molar refractivity (Wildman–Crippen MR) is 81.1 cm³/mol. The molecule has 96 valence electrons. The fraction of sp³-hybridized carbons (Fsp3) is 0.125. The minimum absolute atomic E-state index is 0.229. The van der Waals surface area contributed by atoms with Crippen molar-refractivity contribution < 1.29 is 4.42 Å². The van der Waals surface area contributed by atoms with E-state index in [2.05, 4.69) is 28.9 Å². The Morgan fingerprint density at radius 1 is 1.11 bits per heavy atom. The zero-order valence-corrected chi connectivity index (χ0v) is 12.1. The molecule has 0 aliphatic rings. The summed E-state index contributed by atoms with van der Waals surface area (Å²) in [7, 11) is 0. The number of benzene rings is 2. The Hall–Kier alpha value is -1.58. The van der Waals surface area contributed by atoms with Crippen molar-refractivity contribution >= 4 is 26.9 Å². The lowest BCUT2D eigenvalue weighted by atomic mass is 10.0. The van der Waals surface area contributed by atoms with Gasteiger partial charge in [0.2, 0.25) is 0 Å². The Morgan fingerprint density at radius 2 is 1.89 bits per heavy atom. The molecule has 0 fully saturated rings. The molecule has 3 aromatic rings. The lowest BCUT2D eigenvalue weighted by molar-refractivity contribution is 0.524. The zero-order valence-electron chi connectivity index (χ0n) is 10.6. The summed E-state index contributed by atoms with van der Waals surface area (Å²) in [6, 6.07) is 15.9. The maximum Gasteiger partial charge on any atom is 0.134 e. The second-order valence-corrected chi connectivity index (χ2v) is 5.58. The first-order chi connectivity index (χ1) is 9.15. The molecule has 3 rings (SSSR count). The lowest BCUT2D eigenvalue weighted by Crippen LogP contribution is -2.12. The van der Waals surface area contributed by atoms with Crippen molar-refractivity contribution in [2.24, 2.45) is 5.73 Å². The molecule has 3 heteroatoms. The molecular weight excluding hydrogens is 302 g/mol. The van der Waals surface area contributed by atoms with Crippen molar-refractivity contribution in [2.45, 2.75) is 13.0 Å². The quantitative estimate of drug-likeness (QED) is 0.753. The van der Waals surface area contributed by atoms with E-state index in [1.165, 1.54) is 5.56 Å². The standard InChI is InChI=1S/C16H14BrNO/c1-10-4-2-3-5-13(10)16(18)15-9-11-8-12(17)6-7-14(11)19-15/h2-9,16H,18H2,1H3. The van der Waals surface area contributed by atoms with Crippen molar-refractivity contribution in [3.63, 3.8) is 0 Å². The molecule has 0 saturated heterocycles. The van der Waals surface area contributed by atoms with E-state index in [1.54, 1.807) is 0 Å². The van der Waals surface area contributed by atoms with Crippen LogP contribution in [0.1, 0.15) is 22.9 Å². The summed E-state index contributed by atoms with van der Waals surface area (Å²) in [6.07, 6.45) is 0. The number of fused-ring (bicyclic) bond motifs is 1. The van der Waals surface area contributed by atoms with Gasteiger partial charge in [-0.05, 0) is 42.3 Å². The van der Waals surface area contributed by atoms with Crippen LogP contribution < -0.4 is 5.73 Å². The van der Waals surface area contributed by atoms with E-state index in [0.717, 1.165) is 26.8 Å². The molecule has 2 nitrogen and oxygen atoms in total. The van der Waals surface area contributed by atoms with Gasteiger partial charge >= 0.3 is 0 Å². The van der Waals surface area contributed by atoms with Crippen LogP contribution in [0.15, 0.2) is 57.4 Å². The monoisotopic (exact) mass is 315 g/mol. The largest absolute Gasteiger partial charge is 0.459 e. The molecular formula is C16H14BrNO. The van der Waals surface area contributed by atoms with Crippen LogP contribution in [0.2, 0.25) is 0 Å². The number of rotatable bonds is 2. The van der Waals surface area contributed by atoms with Gasteiger partial charge in [-0.3, -0.25) is 0 Å². The molecule has 0 spiro atoms. The van der Waals surface area contributed by atoms with Crippen LogP contribution >= 0.6 is 15.9 Å². The van der Waals surface area contributed by atoms with Gasteiger partial charge in [0.15, 0.2) is 0 Å². The molecule has 0 bridgehead atoms. The molecule has 1 atom stereocenters. The molecule has 1 aromatic heterocycles. The summed E-state index contributed by atoms with van der Waals surface area (Å²) < 4.78 is 6.89. The normalized spacial score (nSPS) is 12.8. The van der Waals surface area contributed by atoms with Gasteiger partial charge in [0.05, 0.1) is 6.04 Å². The van der Waals surface area contributed by atoms with Crippen LogP contribution in [0.4, 0.5) is 0 Å². The number of nitrogens with two attached hydrogens (primary N) is 1. The molecule has 2 N–H and O–H groups in total. The first-order valence-electron chi connectivity index (χ1n) is 6.15. The van der Waals surface area contributed by atoms with Crippen LogP contribution in [0, 0.1) is 6.92 Å². The van der Waals surface area contributed by atoms with Gasteiger partial charge in [-0.1, -0.05) is 40.2 Å². The van der Waals surface area contributed by atoms with Crippen molar-refractivity contribution in [3.8, 4) is 0 Å². The molecule has 1 heterocycles. The van der Waals surface area contributed by atoms with Gasteiger partial charge in [-0.2, -0.15) is 0 Å². The molecule has 1 unspecified atom stereocenters. The van der Waals surface area contributed by atoms with Crippen molar-refractivity contribution in [3.05, 3.63) is 69.9 Å². The van der Waals surface area contributed by atoms with Crippen molar-refractivity contribution in [2.75, 3.05) is 0 Å². The van der Waals surface area contributed by atoms with Gasteiger partial charge in [0.1, 0.15) is 11.3 Å². The molecule has 0 aliphatic heterocycles.